The highest BCUT2D eigenvalue weighted by molar-refractivity contribution is 8.38. The highest BCUT2D eigenvalue weighted by atomic mass is 32.2. The molecule has 2 radical (unpaired) electrons. The summed E-state index contributed by atoms with van der Waals surface area (Å²) < 4.78 is 2.06. The van der Waals surface area contributed by atoms with Gasteiger partial charge in [-0.3, -0.25) is 14.8 Å². The molecule has 0 unspecified atom stereocenters. The van der Waals surface area contributed by atoms with Crippen molar-refractivity contribution in [2.24, 2.45) is 5.10 Å². The van der Waals surface area contributed by atoms with E-state index in [1.54, 1.807) is 54.9 Å². The summed E-state index contributed by atoms with van der Waals surface area (Å²) >= 11 is 2.77. The van der Waals surface area contributed by atoms with Crippen LogP contribution in [0, 0.1) is 11.3 Å². The number of nitriles is 1. The molecular weight excluding hydrogens is 403 g/mol. The molecule has 7 nitrogen and oxygen atoms in total. The van der Waals surface area contributed by atoms with Crippen LogP contribution in [-0.4, -0.2) is 34.0 Å². The first-order valence-corrected chi connectivity index (χ1v) is 10.3. The van der Waals surface area contributed by atoms with Gasteiger partial charge in [-0.1, -0.05) is 47.2 Å². The summed E-state index contributed by atoms with van der Waals surface area (Å²) in [4.78, 5) is 17.6. The van der Waals surface area contributed by atoms with E-state index in [0.717, 1.165) is 5.56 Å². The van der Waals surface area contributed by atoms with Crippen molar-refractivity contribution in [3.8, 4) is 11.8 Å². The number of rotatable bonds is 3. The predicted octanol–water partition coefficient (Wildman–Crippen LogP) is 2.04. The van der Waals surface area contributed by atoms with Crippen LogP contribution in [-0.2, 0) is 5.75 Å². The zero-order chi connectivity index (χ0) is 20.4. The molecule has 3 heterocycles. The highest BCUT2D eigenvalue weighted by Gasteiger charge is 2.23. The molecule has 2 aromatic heterocycles. The second kappa shape index (κ2) is 8.15. The van der Waals surface area contributed by atoms with Crippen LogP contribution in [0.4, 0.5) is 5.69 Å². The maximum Gasteiger partial charge on any atom is 0.287 e. The van der Waals surface area contributed by atoms with Gasteiger partial charge in [-0.15, -0.1) is 0 Å². The van der Waals surface area contributed by atoms with E-state index < -0.39 is 0 Å². The number of thioether (sulfide) groups is 2. The standard InChI is InChI=1S/C19H13BN6OS2/c1-25-16-10-23-26(15-4-6-22-7-5-15)18(27)17(16)29-19(24-25)28-11-12-2-3-14(20)8-13(12)9-21/h2-8,10H,11H2,1H3. The van der Waals surface area contributed by atoms with Crippen molar-refractivity contribution < 1.29 is 0 Å². The first-order valence-electron chi connectivity index (χ1n) is 8.51. The molecule has 0 bridgehead atoms. The topological polar surface area (TPSA) is 87.2 Å². The van der Waals surface area contributed by atoms with Crippen molar-refractivity contribution >= 4 is 46.9 Å². The third kappa shape index (κ3) is 3.92. The largest absolute Gasteiger partial charge is 0.287 e. The summed E-state index contributed by atoms with van der Waals surface area (Å²) in [6.07, 6.45) is 4.86. The van der Waals surface area contributed by atoms with Gasteiger partial charge < -0.3 is 0 Å². The number of fused-ring (bicyclic) bond motifs is 1. The summed E-state index contributed by atoms with van der Waals surface area (Å²) in [6, 6.07) is 10.9. The number of nitrogens with zero attached hydrogens (tertiary/aromatic N) is 6. The average molecular weight is 416 g/mol. The van der Waals surface area contributed by atoms with Crippen LogP contribution in [0.3, 0.4) is 0 Å². The van der Waals surface area contributed by atoms with E-state index in [1.807, 2.05) is 6.07 Å². The molecule has 0 atom stereocenters. The fraction of sp³-hybridized carbons (Fsp3) is 0.105. The van der Waals surface area contributed by atoms with E-state index in [-0.39, 0.29) is 5.56 Å². The first-order chi connectivity index (χ1) is 14.1. The second-order valence-electron chi connectivity index (χ2n) is 6.09. The van der Waals surface area contributed by atoms with Crippen molar-refractivity contribution in [3.63, 3.8) is 0 Å². The van der Waals surface area contributed by atoms with E-state index in [1.165, 1.54) is 28.2 Å². The van der Waals surface area contributed by atoms with Crippen molar-refractivity contribution in [1.29, 1.82) is 5.26 Å². The van der Waals surface area contributed by atoms with E-state index in [9.17, 15) is 10.1 Å². The fourth-order valence-electron chi connectivity index (χ4n) is 2.73. The normalized spacial score (nSPS) is 12.8. The highest BCUT2D eigenvalue weighted by Crippen LogP contribution is 2.36. The Morgan fingerprint density at radius 1 is 1.28 bits per heavy atom. The second-order valence-corrected chi connectivity index (χ2v) is 8.31. The van der Waals surface area contributed by atoms with Crippen LogP contribution in [0.2, 0.25) is 0 Å². The SMILES string of the molecule is [B]c1ccc(CSC2=NN(C)c3cnn(-c4ccncc4)c(=O)c3S2)c(C#N)c1. The minimum Gasteiger partial charge on any atom is -0.266 e. The molecule has 10 heteroatoms. The molecule has 0 saturated heterocycles. The van der Waals surface area contributed by atoms with Crippen molar-refractivity contribution in [2.45, 2.75) is 10.6 Å². The van der Waals surface area contributed by atoms with Crippen molar-refractivity contribution in [3.05, 3.63) is 70.4 Å². The van der Waals surface area contributed by atoms with E-state index in [4.69, 9.17) is 7.85 Å². The molecule has 0 amide bonds. The van der Waals surface area contributed by atoms with Crippen LogP contribution >= 0.6 is 23.5 Å². The zero-order valence-corrected chi connectivity index (χ0v) is 16.9. The minimum absolute atomic E-state index is 0.219. The minimum atomic E-state index is -0.219. The Morgan fingerprint density at radius 3 is 2.83 bits per heavy atom. The number of hydrogen-bond acceptors (Lipinski definition) is 8. The van der Waals surface area contributed by atoms with Crippen LogP contribution in [0.15, 0.2) is 63.7 Å². The summed E-state index contributed by atoms with van der Waals surface area (Å²) in [6.45, 7) is 0. The van der Waals surface area contributed by atoms with Crippen LogP contribution in [0.25, 0.3) is 5.69 Å². The Balaban J connectivity index is 1.60. The number of benzene rings is 1. The molecule has 29 heavy (non-hydrogen) atoms. The number of anilines is 1. The maximum atomic E-state index is 13.0. The summed E-state index contributed by atoms with van der Waals surface area (Å²) in [5, 5.41) is 19.7. The Hall–Kier alpha value is -3.03. The quantitative estimate of drug-likeness (QED) is 0.604. The molecule has 0 N–H and O–H groups in total. The lowest BCUT2D eigenvalue weighted by Crippen LogP contribution is -2.28. The van der Waals surface area contributed by atoms with Gasteiger partial charge in [0, 0.05) is 25.2 Å². The molecule has 3 aromatic rings. The maximum absolute atomic E-state index is 13.0. The van der Waals surface area contributed by atoms with Gasteiger partial charge in [0.25, 0.3) is 5.56 Å². The lowest BCUT2D eigenvalue weighted by Gasteiger charge is -2.23. The Morgan fingerprint density at radius 2 is 2.07 bits per heavy atom. The van der Waals surface area contributed by atoms with Gasteiger partial charge in [0.2, 0.25) is 0 Å². The number of hydrazone groups is 1. The number of pyridine rings is 1. The lowest BCUT2D eigenvalue weighted by atomic mass is 9.93. The lowest BCUT2D eigenvalue weighted by molar-refractivity contribution is 0.770. The molecule has 1 aliphatic rings. The molecule has 1 aromatic carbocycles. The van der Waals surface area contributed by atoms with Gasteiger partial charge >= 0.3 is 0 Å². The monoisotopic (exact) mass is 416 g/mol. The van der Waals surface area contributed by atoms with Crippen molar-refractivity contribution in [1.82, 2.24) is 14.8 Å². The van der Waals surface area contributed by atoms with Crippen molar-refractivity contribution in [2.75, 3.05) is 12.1 Å². The summed E-state index contributed by atoms with van der Waals surface area (Å²) in [5.74, 6) is 0.543. The van der Waals surface area contributed by atoms with Gasteiger partial charge in [-0.2, -0.15) is 20.1 Å². The number of hydrogen-bond donors (Lipinski definition) is 0. The van der Waals surface area contributed by atoms with E-state index >= 15 is 0 Å². The van der Waals surface area contributed by atoms with E-state index in [2.05, 4.69) is 21.3 Å². The Bertz CT molecular complexity index is 1210. The fourth-order valence-corrected chi connectivity index (χ4v) is 4.91. The van der Waals surface area contributed by atoms with Gasteiger partial charge in [0.15, 0.2) is 4.38 Å². The average Bonchev–Trinajstić information content (AvgIpc) is 2.74. The van der Waals surface area contributed by atoms with Crippen LogP contribution in [0.1, 0.15) is 11.1 Å². The third-order valence-corrected chi connectivity index (χ3v) is 6.43. The molecule has 140 valence electrons. The van der Waals surface area contributed by atoms with Gasteiger partial charge in [-0.05, 0) is 17.7 Å². The molecule has 4 rings (SSSR count). The molecule has 0 aliphatic carbocycles. The Kier molecular flexibility index (Phi) is 5.42. The third-order valence-electron chi connectivity index (χ3n) is 4.20. The van der Waals surface area contributed by atoms with Gasteiger partial charge in [0.1, 0.15) is 12.7 Å². The predicted molar refractivity (Wildman–Crippen MR) is 117 cm³/mol. The summed E-state index contributed by atoms with van der Waals surface area (Å²) in [7, 11) is 7.53. The molecule has 1 aliphatic heterocycles. The first kappa shape index (κ1) is 19.3. The summed E-state index contributed by atoms with van der Waals surface area (Å²) in [5.41, 5.74) is 3.04. The molecule has 0 fully saturated rings. The molecule has 0 spiro atoms. The van der Waals surface area contributed by atoms with E-state index in [0.29, 0.717) is 37.4 Å². The van der Waals surface area contributed by atoms with Crippen LogP contribution < -0.4 is 16.0 Å². The Labute approximate surface area is 176 Å². The van der Waals surface area contributed by atoms with Crippen LogP contribution in [0.5, 0.6) is 0 Å². The van der Waals surface area contributed by atoms with Gasteiger partial charge in [0.05, 0.1) is 29.2 Å². The molecular formula is C19H13BN6OS2. The van der Waals surface area contributed by atoms with Gasteiger partial charge in [-0.25, -0.2) is 0 Å². The number of aromatic nitrogens is 3. The molecule has 0 saturated carbocycles. The zero-order valence-electron chi connectivity index (χ0n) is 15.3. The smallest absolute Gasteiger partial charge is 0.266 e.